The molecule has 3 rings (SSSR count). The van der Waals surface area contributed by atoms with Gasteiger partial charge < -0.3 is 4.74 Å². The van der Waals surface area contributed by atoms with Crippen molar-refractivity contribution in [2.75, 3.05) is 6.61 Å². The van der Waals surface area contributed by atoms with Gasteiger partial charge in [-0.25, -0.2) is 0 Å². The molecule has 28 heavy (non-hydrogen) atoms. The van der Waals surface area contributed by atoms with Crippen LogP contribution < -0.4 is 4.74 Å². The fourth-order valence-corrected chi connectivity index (χ4v) is 4.47. The van der Waals surface area contributed by atoms with Gasteiger partial charge in [-0.2, -0.15) is 0 Å². The lowest BCUT2D eigenvalue weighted by Gasteiger charge is -2.28. The van der Waals surface area contributed by atoms with Crippen molar-refractivity contribution in [3.63, 3.8) is 0 Å². The third-order valence-corrected chi connectivity index (χ3v) is 6.22. The first-order chi connectivity index (χ1) is 13.8. The highest BCUT2D eigenvalue weighted by Crippen LogP contribution is 2.37. The summed E-state index contributed by atoms with van der Waals surface area (Å²) in [4.78, 5) is 4.61. The Hall–Kier alpha value is -1.83. The van der Waals surface area contributed by atoms with E-state index in [-0.39, 0.29) is 0 Å². The molecule has 1 aliphatic rings. The van der Waals surface area contributed by atoms with E-state index in [1.54, 1.807) is 0 Å². The van der Waals surface area contributed by atoms with Crippen molar-refractivity contribution in [2.24, 2.45) is 5.92 Å². The van der Waals surface area contributed by atoms with Gasteiger partial charge in [0.05, 0.1) is 18.5 Å². The van der Waals surface area contributed by atoms with E-state index >= 15 is 0 Å². The van der Waals surface area contributed by atoms with Gasteiger partial charge in [-0.05, 0) is 61.6 Å². The van der Waals surface area contributed by atoms with Crippen LogP contribution in [0.15, 0.2) is 42.6 Å². The van der Waals surface area contributed by atoms with E-state index in [0.29, 0.717) is 0 Å². The molecular formula is C26H37NO. The second-order valence-electron chi connectivity index (χ2n) is 8.42. The van der Waals surface area contributed by atoms with Gasteiger partial charge in [0.15, 0.2) is 0 Å². The van der Waals surface area contributed by atoms with E-state index in [2.05, 4.69) is 49.2 Å². The minimum Gasteiger partial charge on any atom is -0.492 e. The maximum absolute atomic E-state index is 5.81. The van der Waals surface area contributed by atoms with Gasteiger partial charge in [-0.1, -0.05) is 70.2 Å². The first kappa shape index (κ1) is 20.9. The number of pyridine rings is 1. The normalized spacial score (nSPS) is 19.5. The Kier molecular flexibility index (Phi) is 8.39. The molecule has 1 fully saturated rings. The summed E-state index contributed by atoms with van der Waals surface area (Å²) in [6, 6.07) is 13.2. The van der Waals surface area contributed by atoms with E-state index < -0.39 is 0 Å². The zero-order valence-corrected chi connectivity index (χ0v) is 17.8. The highest BCUT2D eigenvalue weighted by Gasteiger charge is 2.21. The Labute approximate surface area is 171 Å². The monoisotopic (exact) mass is 379 g/mol. The van der Waals surface area contributed by atoms with Crippen LogP contribution in [0.2, 0.25) is 0 Å². The molecule has 152 valence electrons. The van der Waals surface area contributed by atoms with Crippen LogP contribution in [0.25, 0.3) is 11.3 Å². The highest BCUT2D eigenvalue weighted by molar-refractivity contribution is 5.60. The molecule has 1 heterocycles. The predicted molar refractivity (Wildman–Crippen MR) is 119 cm³/mol. The molecular weight excluding hydrogens is 342 g/mol. The molecule has 0 saturated heterocycles. The summed E-state index contributed by atoms with van der Waals surface area (Å²) >= 11 is 0. The van der Waals surface area contributed by atoms with Crippen molar-refractivity contribution in [1.82, 2.24) is 4.98 Å². The van der Waals surface area contributed by atoms with Crippen LogP contribution in [0.1, 0.15) is 89.5 Å². The van der Waals surface area contributed by atoms with Crippen LogP contribution in [0.4, 0.5) is 0 Å². The lowest BCUT2D eigenvalue weighted by molar-refractivity contribution is 0.304. The largest absolute Gasteiger partial charge is 0.492 e. The SMILES string of the molecule is CCCCCCOc1ccc(-c2ccc(C3CCC(CCC)CC3)cc2)nc1. The Morgan fingerprint density at radius 3 is 2.29 bits per heavy atom. The summed E-state index contributed by atoms with van der Waals surface area (Å²) in [6.07, 6.45) is 15.0. The Bertz CT molecular complexity index is 669. The van der Waals surface area contributed by atoms with Crippen LogP contribution in [0.3, 0.4) is 0 Å². The van der Waals surface area contributed by atoms with Crippen molar-refractivity contribution in [3.05, 3.63) is 48.2 Å². The maximum atomic E-state index is 5.81. The summed E-state index contributed by atoms with van der Waals surface area (Å²) in [7, 11) is 0. The fourth-order valence-electron chi connectivity index (χ4n) is 4.47. The summed E-state index contributed by atoms with van der Waals surface area (Å²) < 4.78 is 5.81. The van der Waals surface area contributed by atoms with E-state index in [9.17, 15) is 0 Å². The van der Waals surface area contributed by atoms with Gasteiger partial charge in [0.2, 0.25) is 0 Å². The zero-order chi connectivity index (χ0) is 19.6. The number of nitrogens with zero attached hydrogens (tertiary/aromatic N) is 1. The van der Waals surface area contributed by atoms with Crippen LogP contribution in [0.5, 0.6) is 5.75 Å². The number of aromatic nitrogens is 1. The van der Waals surface area contributed by atoms with E-state index in [0.717, 1.165) is 36.3 Å². The fraction of sp³-hybridized carbons (Fsp3) is 0.577. The number of ether oxygens (including phenoxy) is 1. The summed E-state index contributed by atoms with van der Waals surface area (Å²) in [5.74, 6) is 2.59. The molecule has 1 aromatic carbocycles. The number of unbranched alkanes of at least 4 members (excludes halogenated alkanes) is 3. The third kappa shape index (κ3) is 6.09. The minimum absolute atomic E-state index is 0.749. The Morgan fingerprint density at radius 2 is 1.64 bits per heavy atom. The first-order valence-electron chi connectivity index (χ1n) is 11.5. The number of rotatable bonds is 10. The summed E-state index contributed by atoms with van der Waals surface area (Å²) in [6.45, 7) is 5.33. The van der Waals surface area contributed by atoms with Gasteiger partial charge in [-0.15, -0.1) is 0 Å². The number of hydrogen-bond acceptors (Lipinski definition) is 2. The molecule has 0 N–H and O–H groups in total. The van der Waals surface area contributed by atoms with Gasteiger partial charge in [0, 0.05) is 5.56 Å². The molecule has 1 saturated carbocycles. The standard InChI is InChI=1S/C26H37NO/c1-3-5-6-7-19-28-25-17-18-26(27-20-25)24-15-13-23(14-16-24)22-11-9-21(8-4-2)10-12-22/h13-18,20-22H,3-12,19H2,1-2H3. The summed E-state index contributed by atoms with van der Waals surface area (Å²) in [5.41, 5.74) is 3.72. The quantitative estimate of drug-likeness (QED) is 0.393. The average Bonchev–Trinajstić information content (AvgIpc) is 2.75. The van der Waals surface area contributed by atoms with Crippen molar-refractivity contribution < 1.29 is 4.74 Å². The molecule has 0 atom stereocenters. The number of hydrogen-bond donors (Lipinski definition) is 0. The van der Waals surface area contributed by atoms with Crippen LogP contribution >= 0.6 is 0 Å². The van der Waals surface area contributed by atoms with Crippen molar-refractivity contribution in [3.8, 4) is 17.0 Å². The highest BCUT2D eigenvalue weighted by atomic mass is 16.5. The smallest absolute Gasteiger partial charge is 0.137 e. The second-order valence-corrected chi connectivity index (χ2v) is 8.42. The molecule has 1 aromatic heterocycles. The molecule has 2 heteroatoms. The first-order valence-corrected chi connectivity index (χ1v) is 11.5. The molecule has 0 aliphatic heterocycles. The summed E-state index contributed by atoms with van der Waals surface area (Å²) in [5, 5.41) is 0. The Balaban J connectivity index is 1.51. The van der Waals surface area contributed by atoms with Gasteiger partial charge in [0.1, 0.15) is 5.75 Å². The van der Waals surface area contributed by atoms with Crippen molar-refractivity contribution in [2.45, 2.75) is 84.0 Å². The average molecular weight is 380 g/mol. The van der Waals surface area contributed by atoms with E-state index in [1.807, 2.05) is 12.3 Å². The minimum atomic E-state index is 0.749. The van der Waals surface area contributed by atoms with Crippen LogP contribution in [-0.4, -0.2) is 11.6 Å². The van der Waals surface area contributed by atoms with Crippen molar-refractivity contribution in [1.29, 1.82) is 0 Å². The number of benzene rings is 1. The van der Waals surface area contributed by atoms with Crippen LogP contribution in [0, 0.1) is 5.92 Å². The van der Waals surface area contributed by atoms with Gasteiger partial charge in [0.25, 0.3) is 0 Å². The zero-order valence-electron chi connectivity index (χ0n) is 17.8. The topological polar surface area (TPSA) is 22.1 Å². The second kappa shape index (κ2) is 11.2. The lowest BCUT2D eigenvalue weighted by atomic mass is 9.77. The lowest BCUT2D eigenvalue weighted by Crippen LogP contribution is -2.13. The Morgan fingerprint density at radius 1 is 0.857 bits per heavy atom. The molecule has 0 radical (unpaired) electrons. The molecule has 2 nitrogen and oxygen atoms in total. The van der Waals surface area contributed by atoms with Gasteiger partial charge in [-0.3, -0.25) is 4.98 Å². The predicted octanol–water partition coefficient (Wildman–Crippen LogP) is 7.78. The third-order valence-electron chi connectivity index (χ3n) is 6.22. The molecule has 0 unspecified atom stereocenters. The van der Waals surface area contributed by atoms with Gasteiger partial charge >= 0.3 is 0 Å². The molecule has 1 aliphatic carbocycles. The maximum Gasteiger partial charge on any atom is 0.137 e. The molecule has 0 amide bonds. The molecule has 2 aromatic rings. The van der Waals surface area contributed by atoms with E-state index in [4.69, 9.17) is 4.74 Å². The molecule has 0 spiro atoms. The van der Waals surface area contributed by atoms with Crippen LogP contribution in [-0.2, 0) is 0 Å². The van der Waals surface area contributed by atoms with E-state index in [1.165, 1.54) is 68.9 Å². The molecule has 0 bridgehead atoms. The van der Waals surface area contributed by atoms with Crippen molar-refractivity contribution >= 4 is 0 Å².